The van der Waals surface area contributed by atoms with Crippen molar-refractivity contribution in [3.05, 3.63) is 58.0 Å². The first-order chi connectivity index (χ1) is 10.6. The van der Waals surface area contributed by atoms with Crippen molar-refractivity contribution >= 4 is 28.3 Å². The van der Waals surface area contributed by atoms with Crippen molar-refractivity contribution in [1.82, 2.24) is 10.6 Å². The maximum atomic E-state index is 12.0. The van der Waals surface area contributed by atoms with Crippen LogP contribution in [0.2, 0.25) is 0 Å². The highest BCUT2D eigenvalue weighted by atomic mass is 32.1. The molecule has 3 aromatic rings. The molecular formula is C17H18N2O2S. The number of carbonyl (C=O) groups is 1. The van der Waals surface area contributed by atoms with Crippen LogP contribution < -0.4 is 10.6 Å². The van der Waals surface area contributed by atoms with Crippen LogP contribution in [0.3, 0.4) is 0 Å². The van der Waals surface area contributed by atoms with Gasteiger partial charge in [0.15, 0.2) is 0 Å². The molecule has 0 saturated heterocycles. The fraction of sp³-hybridized carbons (Fsp3) is 0.235. The number of amides is 2. The van der Waals surface area contributed by atoms with Gasteiger partial charge in [0.05, 0.1) is 12.6 Å². The molecule has 2 heterocycles. The molecule has 0 bridgehead atoms. The van der Waals surface area contributed by atoms with Crippen molar-refractivity contribution < 1.29 is 9.21 Å². The lowest BCUT2D eigenvalue weighted by atomic mass is 10.2. The number of nitrogens with one attached hydrogen (secondary N) is 2. The minimum absolute atomic E-state index is 0.183. The minimum atomic E-state index is -0.194. The molecule has 0 unspecified atom stereocenters. The van der Waals surface area contributed by atoms with E-state index in [0.717, 1.165) is 16.7 Å². The van der Waals surface area contributed by atoms with E-state index < -0.39 is 0 Å². The molecule has 0 fully saturated rings. The predicted octanol–water partition coefficient (Wildman–Crippen LogP) is 4.36. The van der Waals surface area contributed by atoms with Gasteiger partial charge in [-0.05, 0) is 43.0 Å². The molecule has 3 rings (SSSR count). The summed E-state index contributed by atoms with van der Waals surface area (Å²) in [5.74, 6) is 0.753. The summed E-state index contributed by atoms with van der Waals surface area (Å²) in [7, 11) is 0. The summed E-state index contributed by atoms with van der Waals surface area (Å²) in [5, 5.41) is 8.85. The number of hydrogen-bond donors (Lipinski definition) is 2. The zero-order chi connectivity index (χ0) is 15.5. The van der Waals surface area contributed by atoms with Crippen molar-refractivity contribution in [2.75, 3.05) is 0 Å². The summed E-state index contributed by atoms with van der Waals surface area (Å²) in [6.45, 7) is 4.50. The van der Waals surface area contributed by atoms with Gasteiger partial charge in [0.25, 0.3) is 0 Å². The van der Waals surface area contributed by atoms with E-state index in [1.807, 2.05) is 49.6 Å². The first-order valence-electron chi connectivity index (χ1n) is 7.19. The minimum Gasteiger partial charge on any atom is -0.459 e. The molecule has 0 aliphatic rings. The summed E-state index contributed by atoms with van der Waals surface area (Å²) in [6.07, 6.45) is 0. The third-order valence-electron chi connectivity index (χ3n) is 3.60. The summed E-state index contributed by atoms with van der Waals surface area (Å²) in [4.78, 5) is 13.2. The second-order valence-electron chi connectivity index (χ2n) is 5.26. The lowest BCUT2D eigenvalue weighted by Gasteiger charge is -2.12. The number of para-hydroxylation sites is 1. The number of benzene rings is 1. The monoisotopic (exact) mass is 314 g/mol. The van der Waals surface area contributed by atoms with E-state index in [9.17, 15) is 4.79 Å². The van der Waals surface area contributed by atoms with Crippen molar-refractivity contribution in [1.29, 1.82) is 0 Å². The Balaban J connectivity index is 1.59. The van der Waals surface area contributed by atoms with E-state index >= 15 is 0 Å². The van der Waals surface area contributed by atoms with E-state index in [2.05, 4.69) is 16.7 Å². The lowest BCUT2D eigenvalue weighted by Crippen LogP contribution is -2.36. The van der Waals surface area contributed by atoms with Crippen LogP contribution in [-0.2, 0) is 6.54 Å². The van der Waals surface area contributed by atoms with Gasteiger partial charge < -0.3 is 15.1 Å². The Morgan fingerprint density at radius 1 is 1.32 bits per heavy atom. The number of fused-ring (bicyclic) bond motifs is 1. The number of thiophene rings is 1. The van der Waals surface area contributed by atoms with Crippen LogP contribution in [0.5, 0.6) is 0 Å². The number of urea groups is 1. The van der Waals surface area contributed by atoms with Crippen LogP contribution in [0.15, 0.2) is 46.2 Å². The normalized spacial score (nSPS) is 12.3. The average Bonchev–Trinajstić information content (AvgIpc) is 3.11. The van der Waals surface area contributed by atoms with Crippen molar-refractivity contribution in [2.24, 2.45) is 0 Å². The maximum absolute atomic E-state index is 12.0. The van der Waals surface area contributed by atoms with E-state index in [1.165, 1.54) is 10.4 Å². The third-order valence-corrected chi connectivity index (χ3v) is 4.62. The molecule has 0 saturated carbocycles. The molecule has 0 aliphatic carbocycles. The van der Waals surface area contributed by atoms with Gasteiger partial charge in [-0.15, -0.1) is 11.3 Å². The van der Waals surface area contributed by atoms with Crippen molar-refractivity contribution in [2.45, 2.75) is 26.4 Å². The lowest BCUT2D eigenvalue weighted by molar-refractivity contribution is 0.236. The van der Waals surface area contributed by atoms with E-state index in [4.69, 9.17) is 4.42 Å². The quantitative estimate of drug-likeness (QED) is 0.751. The van der Waals surface area contributed by atoms with Crippen LogP contribution in [0.1, 0.15) is 29.2 Å². The first-order valence-corrected chi connectivity index (χ1v) is 8.07. The summed E-state index contributed by atoms with van der Waals surface area (Å²) in [6, 6.07) is 11.5. The number of furan rings is 1. The molecule has 1 aromatic carbocycles. The summed E-state index contributed by atoms with van der Waals surface area (Å²) >= 11 is 1.65. The highest BCUT2D eigenvalue weighted by molar-refractivity contribution is 7.10. The highest BCUT2D eigenvalue weighted by Crippen LogP contribution is 2.23. The van der Waals surface area contributed by atoms with Gasteiger partial charge in [-0.25, -0.2) is 4.79 Å². The molecule has 0 radical (unpaired) electrons. The van der Waals surface area contributed by atoms with Crippen molar-refractivity contribution in [3.8, 4) is 0 Å². The van der Waals surface area contributed by atoms with Gasteiger partial charge in [-0.2, -0.15) is 0 Å². The van der Waals surface area contributed by atoms with Gasteiger partial charge in [0, 0.05) is 10.3 Å². The number of rotatable bonds is 4. The second-order valence-corrected chi connectivity index (χ2v) is 6.26. The van der Waals surface area contributed by atoms with Crippen LogP contribution in [0.25, 0.3) is 11.0 Å². The van der Waals surface area contributed by atoms with E-state index in [1.54, 1.807) is 11.3 Å². The maximum Gasteiger partial charge on any atom is 0.315 e. The Hall–Kier alpha value is -2.27. The van der Waals surface area contributed by atoms with Crippen LogP contribution in [0, 0.1) is 6.92 Å². The SMILES string of the molecule is Cc1ccsc1CNC(=O)N[C@@H](C)c1cc2ccccc2o1. The van der Waals surface area contributed by atoms with Gasteiger partial charge in [0.1, 0.15) is 11.3 Å². The average molecular weight is 314 g/mol. The fourth-order valence-corrected chi connectivity index (χ4v) is 3.13. The Labute approximate surface area is 133 Å². The van der Waals surface area contributed by atoms with Crippen LogP contribution in [0.4, 0.5) is 4.79 Å². The predicted molar refractivity (Wildman–Crippen MR) is 89.1 cm³/mol. The number of hydrogen-bond acceptors (Lipinski definition) is 3. The fourth-order valence-electron chi connectivity index (χ4n) is 2.28. The largest absolute Gasteiger partial charge is 0.459 e. The molecule has 2 aromatic heterocycles. The van der Waals surface area contributed by atoms with Gasteiger partial charge in [-0.3, -0.25) is 0 Å². The van der Waals surface area contributed by atoms with Crippen LogP contribution >= 0.6 is 11.3 Å². The Morgan fingerprint density at radius 3 is 2.86 bits per heavy atom. The van der Waals surface area contributed by atoms with Gasteiger partial charge >= 0.3 is 6.03 Å². The highest BCUT2D eigenvalue weighted by Gasteiger charge is 2.14. The zero-order valence-electron chi connectivity index (χ0n) is 12.6. The summed E-state index contributed by atoms with van der Waals surface area (Å²) in [5.41, 5.74) is 2.04. The molecule has 0 spiro atoms. The number of aryl methyl sites for hydroxylation is 1. The zero-order valence-corrected chi connectivity index (χ0v) is 13.4. The molecule has 2 amide bonds. The standard InChI is InChI=1S/C17H18N2O2S/c1-11-7-8-22-16(11)10-18-17(20)19-12(2)15-9-13-5-3-4-6-14(13)21-15/h3-9,12H,10H2,1-2H3,(H2,18,19,20)/t12-/m0/s1. The Morgan fingerprint density at radius 2 is 2.14 bits per heavy atom. The molecule has 5 heteroatoms. The van der Waals surface area contributed by atoms with Gasteiger partial charge in [-0.1, -0.05) is 18.2 Å². The molecule has 0 aliphatic heterocycles. The van der Waals surface area contributed by atoms with E-state index in [0.29, 0.717) is 6.54 Å². The summed E-state index contributed by atoms with van der Waals surface area (Å²) < 4.78 is 5.76. The molecule has 114 valence electrons. The molecular weight excluding hydrogens is 296 g/mol. The van der Waals surface area contributed by atoms with E-state index in [-0.39, 0.29) is 12.1 Å². The molecule has 22 heavy (non-hydrogen) atoms. The van der Waals surface area contributed by atoms with Crippen molar-refractivity contribution in [3.63, 3.8) is 0 Å². The Kier molecular flexibility index (Phi) is 4.15. The third kappa shape index (κ3) is 3.14. The second kappa shape index (κ2) is 6.23. The number of carbonyl (C=O) groups excluding carboxylic acids is 1. The molecule has 1 atom stereocenters. The smallest absolute Gasteiger partial charge is 0.315 e. The topological polar surface area (TPSA) is 54.3 Å². The van der Waals surface area contributed by atoms with Gasteiger partial charge in [0.2, 0.25) is 0 Å². The first kappa shape index (κ1) is 14.7. The molecule has 4 nitrogen and oxygen atoms in total. The molecule has 2 N–H and O–H groups in total. The Bertz CT molecular complexity index is 758. The van der Waals surface area contributed by atoms with Crippen LogP contribution in [-0.4, -0.2) is 6.03 Å².